The van der Waals surface area contributed by atoms with E-state index in [0.29, 0.717) is 22.2 Å². The largest absolute Gasteiger partial charge is 0.495 e. The van der Waals surface area contributed by atoms with Crippen LogP contribution in [0.4, 0.5) is 5.69 Å². The Kier molecular flexibility index (Phi) is 5.96. The first-order valence-electron chi connectivity index (χ1n) is 8.08. The second-order valence-electron chi connectivity index (χ2n) is 6.88. The van der Waals surface area contributed by atoms with Gasteiger partial charge in [-0.3, -0.25) is 4.79 Å². The molecular weight excluding hydrogens is 338 g/mol. The summed E-state index contributed by atoms with van der Waals surface area (Å²) in [7, 11) is 1.53. The van der Waals surface area contributed by atoms with Crippen LogP contribution in [0.25, 0.3) is 0 Å². The van der Waals surface area contributed by atoms with Crippen molar-refractivity contribution >= 4 is 23.2 Å². The number of nitrogens with one attached hydrogen (secondary N) is 1. The third kappa shape index (κ3) is 4.89. The van der Waals surface area contributed by atoms with Crippen molar-refractivity contribution in [2.45, 2.75) is 33.1 Å². The number of carbonyl (C=O) groups is 1. The number of anilines is 1. The number of halogens is 1. The van der Waals surface area contributed by atoms with Crippen LogP contribution in [-0.2, 0) is 10.2 Å². The number of para-hydroxylation sites is 1. The number of hydrogen-bond donors (Lipinski definition) is 1. The second-order valence-corrected chi connectivity index (χ2v) is 7.29. The van der Waals surface area contributed by atoms with E-state index in [1.807, 2.05) is 31.2 Å². The number of carbonyl (C=O) groups excluding carboxylic acids is 1. The maximum Gasteiger partial charge on any atom is 0.262 e. The van der Waals surface area contributed by atoms with Crippen LogP contribution >= 0.6 is 11.6 Å². The van der Waals surface area contributed by atoms with Crippen LogP contribution in [0.2, 0.25) is 5.02 Å². The molecule has 0 aliphatic rings. The highest BCUT2D eigenvalue weighted by Crippen LogP contribution is 2.32. The van der Waals surface area contributed by atoms with Gasteiger partial charge in [0, 0.05) is 11.1 Å². The van der Waals surface area contributed by atoms with Crippen molar-refractivity contribution in [3.05, 3.63) is 52.5 Å². The first-order chi connectivity index (χ1) is 11.7. The summed E-state index contributed by atoms with van der Waals surface area (Å²) < 4.78 is 11.0. The number of hydrogen-bond acceptors (Lipinski definition) is 3. The first kappa shape index (κ1) is 19.1. The van der Waals surface area contributed by atoms with Crippen LogP contribution in [0.15, 0.2) is 36.4 Å². The van der Waals surface area contributed by atoms with Crippen molar-refractivity contribution in [2.75, 3.05) is 19.0 Å². The highest BCUT2D eigenvalue weighted by Gasteiger charge is 2.19. The molecule has 0 spiro atoms. The van der Waals surface area contributed by atoms with Crippen molar-refractivity contribution in [3.8, 4) is 11.5 Å². The van der Waals surface area contributed by atoms with E-state index < -0.39 is 0 Å². The van der Waals surface area contributed by atoms with Crippen molar-refractivity contribution in [1.82, 2.24) is 0 Å². The summed E-state index contributed by atoms with van der Waals surface area (Å²) in [5.41, 5.74) is 2.42. The number of benzene rings is 2. The van der Waals surface area contributed by atoms with Gasteiger partial charge in [0.2, 0.25) is 0 Å². The SMILES string of the molecule is COc1cc(Cl)c(C)cc1NC(=O)COc1ccccc1C(C)(C)C. The number of rotatable bonds is 5. The normalized spacial score (nSPS) is 11.1. The summed E-state index contributed by atoms with van der Waals surface area (Å²) in [6.07, 6.45) is 0. The monoisotopic (exact) mass is 361 g/mol. The molecule has 2 aromatic carbocycles. The Labute approximate surface area is 154 Å². The summed E-state index contributed by atoms with van der Waals surface area (Å²) in [4.78, 5) is 12.3. The molecule has 4 nitrogen and oxygen atoms in total. The Morgan fingerprint density at radius 3 is 2.48 bits per heavy atom. The van der Waals surface area contributed by atoms with E-state index in [1.54, 1.807) is 12.1 Å². The van der Waals surface area contributed by atoms with Gasteiger partial charge in [-0.15, -0.1) is 0 Å². The highest BCUT2D eigenvalue weighted by molar-refractivity contribution is 6.31. The fourth-order valence-corrected chi connectivity index (χ4v) is 2.63. The summed E-state index contributed by atoms with van der Waals surface area (Å²) in [5, 5.41) is 3.40. The van der Waals surface area contributed by atoms with Gasteiger partial charge < -0.3 is 14.8 Å². The fraction of sp³-hybridized carbons (Fsp3) is 0.350. The van der Waals surface area contributed by atoms with Crippen molar-refractivity contribution in [1.29, 1.82) is 0 Å². The van der Waals surface area contributed by atoms with Crippen molar-refractivity contribution in [3.63, 3.8) is 0 Å². The van der Waals surface area contributed by atoms with Gasteiger partial charge in [0.1, 0.15) is 11.5 Å². The van der Waals surface area contributed by atoms with Gasteiger partial charge in [-0.1, -0.05) is 50.6 Å². The lowest BCUT2D eigenvalue weighted by molar-refractivity contribution is -0.118. The van der Waals surface area contributed by atoms with Crippen molar-refractivity contribution < 1.29 is 14.3 Å². The molecule has 2 rings (SSSR count). The zero-order valence-electron chi connectivity index (χ0n) is 15.3. The molecule has 0 aliphatic carbocycles. The predicted octanol–water partition coefficient (Wildman–Crippen LogP) is 4.97. The Morgan fingerprint density at radius 1 is 1.16 bits per heavy atom. The van der Waals surface area contributed by atoms with Crippen LogP contribution in [0, 0.1) is 6.92 Å². The van der Waals surface area contributed by atoms with Gasteiger partial charge in [-0.05, 0) is 35.6 Å². The number of ether oxygens (including phenoxy) is 2. The summed E-state index contributed by atoms with van der Waals surface area (Å²) >= 11 is 6.09. The van der Waals surface area contributed by atoms with E-state index in [4.69, 9.17) is 21.1 Å². The highest BCUT2D eigenvalue weighted by atomic mass is 35.5. The minimum atomic E-state index is -0.260. The quantitative estimate of drug-likeness (QED) is 0.817. The Morgan fingerprint density at radius 2 is 1.84 bits per heavy atom. The Bertz CT molecular complexity index is 766. The van der Waals surface area contributed by atoms with Crippen LogP contribution in [-0.4, -0.2) is 19.6 Å². The third-order valence-corrected chi connectivity index (χ3v) is 4.22. The molecule has 0 heterocycles. The third-order valence-electron chi connectivity index (χ3n) is 3.81. The van der Waals surface area contributed by atoms with E-state index >= 15 is 0 Å². The molecule has 0 bridgehead atoms. The average Bonchev–Trinajstić information content (AvgIpc) is 2.55. The lowest BCUT2D eigenvalue weighted by Crippen LogP contribution is -2.22. The standard InChI is InChI=1S/C20H24ClNO3/c1-13-10-16(18(24-5)11-15(13)21)22-19(23)12-25-17-9-7-6-8-14(17)20(2,3)4/h6-11H,12H2,1-5H3,(H,22,23). The van der Waals surface area contributed by atoms with Gasteiger partial charge in [0.15, 0.2) is 6.61 Å². The number of methoxy groups -OCH3 is 1. The van der Waals surface area contributed by atoms with Crippen LogP contribution < -0.4 is 14.8 Å². The summed E-state index contributed by atoms with van der Waals surface area (Å²) in [6.45, 7) is 8.11. The van der Waals surface area contributed by atoms with E-state index in [9.17, 15) is 4.79 Å². The van der Waals surface area contributed by atoms with Crippen molar-refractivity contribution in [2.24, 2.45) is 0 Å². The summed E-state index contributed by atoms with van der Waals surface area (Å²) in [6, 6.07) is 11.2. The minimum Gasteiger partial charge on any atom is -0.495 e. The molecule has 0 aliphatic heterocycles. The lowest BCUT2D eigenvalue weighted by atomic mass is 9.86. The molecular formula is C20H24ClNO3. The first-order valence-corrected chi connectivity index (χ1v) is 8.46. The molecule has 0 fully saturated rings. The van der Waals surface area contributed by atoms with E-state index in [0.717, 1.165) is 11.1 Å². The predicted molar refractivity (Wildman–Crippen MR) is 102 cm³/mol. The van der Waals surface area contributed by atoms with E-state index in [2.05, 4.69) is 26.1 Å². The van der Waals surface area contributed by atoms with Gasteiger partial charge in [0.05, 0.1) is 12.8 Å². The summed E-state index contributed by atoms with van der Waals surface area (Å²) in [5.74, 6) is 0.965. The van der Waals surface area contributed by atoms with E-state index in [1.165, 1.54) is 7.11 Å². The number of aryl methyl sites for hydroxylation is 1. The molecule has 0 saturated carbocycles. The maximum absolute atomic E-state index is 12.3. The van der Waals surface area contributed by atoms with Gasteiger partial charge in [-0.25, -0.2) is 0 Å². The Hall–Kier alpha value is -2.20. The zero-order chi connectivity index (χ0) is 18.6. The van der Waals surface area contributed by atoms with Crippen LogP contribution in [0.1, 0.15) is 31.9 Å². The molecule has 25 heavy (non-hydrogen) atoms. The molecule has 0 aromatic heterocycles. The van der Waals surface area contributed by atoms with Gasteiger partial charge in [-0.2, -0.15) is 0 Å². The molecule has 5 heteroatoms. The van der Waals surface area contributed by atoms with Crippen LogP contribution in [0.3, 0.4) is 0 Å². The molecule has 0 saturated heterocycles. The maximum atomic E-state index is 12.3. The Balaban J connectivity index is 2.09. The van der Waals surface area contributed by atoms with E-state index in [-0.39, 0.29) is 17.9 Å². The zero-order valence-corrected chi connectivity index (χ0v) is 16.0. The smallest absolute Gasteiger partial charge is 0.262 e. The van der Waals surface area contributed by atoms with Gasteiger partial charge >= 0.3 is 0 Å². The molecule has 0 radical (unpaired) electrons. The fourth-order valence-electron chi connectivity index (χ4n) is 2.47. The number of amides is 1. The average molecular weight is 362 g/mol. The van der Waals surface area contributed by atoms with Gasteiger partial charge in [0.25, 0.3) is 5.91 Å². The molecule has 1 amide bonds. The minimum absolute atomic E-state index is 0.0659. The molecule has 0 unspecified atom stereocenters. The lowest BCUT2D eigenvalue weighted by Gasteiger charge is -2.22. The van der Waals surface area contributed by atoms with Crippen LogP contribution in [0.5, 0.6) is 11.5 Å². The molecule has 134 valence electrons. The molecule has 2 aromatic rings. The molecule has 0 atom stereocenters. The molecule has 1 N–H and O–H groups in total. The topological polar surface area (TPSA) is 47.6 Å². The second kappa shape index (κ2) is 7.79.